The van der Waals surface area contributed by atoms with Crippen LogP contribution in [0.1, 0.15) is 6.92 Å². The molecule has 0 spiro atoms. The number of nitrogens with zero attached hydrogens (tertiary/aromatic N) is 1. The van der Waals surface area contributed by atoms with Crippen LogP contribution in [-0.4, -0.2) is 27.8 Å². The minimum absolute atomic E-state index is 0.218. The highest BCUT2D eigenvalue weighted by atomic mass is 32.1. The van der Waals surface area contributed by atoms with Gasteiger partial charge >= 0.3 is 6.03 Å². The molecule has 2 rings (SSSR count). The Labute approximate surface area is 109 Å². The maximum Gasteiger partial charge on any atom is 0.319 e. The van der Waals surface area contributed by atoms with Crippen LogP contribution >= 0.6 is 12.2 Å². The largest absolute Gasteiger partial charge is 0.338 e. The lowest BCUT2D eigenvalue weighted by Gasteiger charge is -2.05. The topological polar surface area (TPSA) is 85.6 Å². The van der Waals surface area contributed by atoms with Gasteiger partial charge in [-0.3, -0.25) is 10.2 Å². The summed E-state index contributed by atoms with van der Waals surface area (Å²) in [6, 6.07) is 7.09. The lowest BCUT2D eigenvalue weighted by atomic mass is 10.2. The molecule has 1 aromatic carbocycles. The lowest BCUT2D eigenvalue weighted by Crippen LogP contribution is -2.28. The van der Waals surface area contributed by atoms with Crippen LogP contribution in [0.5, 0.6) is 0 Å². The number of hydrogen-bond donors (Lipinski definition) is 4. The van der Waals surface area contributed by atoms with Crippen molar-refractivity contribution in [1.29, 1.82) is 0 Å². The fourth-order valence-corrected chi connectivity index (χ4v) is 1.60. The van der Waals surface area contributed by atoms with Gasteiger partial charge in [0.25, 0.3) is 0 Å². The van der Waals surface area contributed by atoms with E-state index in [1.165, 1.54) is 0 Å². The van der Waals surface area contributed by atoms with Crippen molar-refractivity contribution < 1.29 is 4.79 Å². The number of benzene rings is 1. The van der Waals surface area contributed by atoms with E-state index in [-0.39, 0.29) is 6.03 Å². The average Bonchev–Trinajstić information content (AvgIpc) is 2.77. The van der Waals surface area contributed by atoms with E-state index in [9.17, 15) is 4.79 Å². The molecule has 0 fully saturated rings. The molecular weight excluding hydrogens is 250 g/mol. The fraction of sp³-hybridized carbons (Fsp3) is 0.182. The van der Waals surface area contributed by atoms with E-state index in [1.807, 2.05) is 19.1 Å². The van der Waals surface area contributed by atoms with E-state index in [0.29, 0.717) is 17.1 Å². The van der Waals surface area contributed by atoms with Gasteiger partial charge < -0.3 is 10.6 Å². The number of rotatable bonds is 3. The summed E-state index contributed by atoms with van der Waals surface area (Å²) in [6.07, 6.45) is 0. The van der Waals surface area contributed by atoms with E-state index in [2.05, 4.69) is 25.8 Å². The summed E-state index contributed by atoms with van der Waals surface area (Å²) in [7, 11) is 0. The maximum absolute atomic E-state index is 11.3. The van der Waals surface area contributed by atoms with Crippen molar-refractivity contribution in [2.45, 2.75) is 6.92 Å². The Morgan fingerprint density at radius 2 is 2.06 bits per heavy atom. The molecule has 6 nitrogen and oxygen atoms in total. The quantitative estimate of drug-likeness (QED) is 0.641. The third kappa shape index (κ3) is 2.95. The molecule has 0 unspecified atom stereocenters. The molecule has 0 radical (unpaired) electrons. The van der Waals surface area contributed by atoms with Crippen molar-refractivity contribution in [1.82, 2.24) is 20.5 Å². The first-order chi connectivity index (χ1) is 8.69. The van der Waals surface area contributed by atoms with Gasteiger partial charge in [0.1, 0.15) is 0 Å². The van der Waals surface area contributed by atoms with Crippen molar-refractivity contribution in [2.75, 3.05) is 11.9 Å². The molecule has 1 aromatic heterocycles. The number of H-pyrrole nitrogens is 2. The molecular formula is C11H13N5OS. The Bertz CT molecular complexity index is 586. The summed E-state index contributed by atoms with van der Waals surface area (Å²) in [4.78, 5) is 15.4. The highest BCUT2D eigenvalue weighted by Crippen LogP contribution is 2.17. The molecule has 4 N–H and O–H groups in total. The number of aromatic amines is 2. The normalized spacial score (nSPS) is 10.1. The number of carbonyl (C=O) groups excluding carboxylic acids is 1. The van der Waals surface area contributed by atoms with Gasteiger partial charge in [0.15, 0.2) is 5.82 Å². The number of anilines is 1. The van der Waals surface area contributed by atoms with E-state index in [0.717, 1.165) is 11.3 Å². The Kier molecular flexibility index (Phi) is 3.73. The average molecular weight is 263 g/mol. The summed E-state index contributed by atoms with van der Waals surface area (Å²) in [5.41, 5.74) is 1.61. The molecule has 18 heavy (non-hydrogen) atoms. The van der Waals surface area contributed by atoms with Gasteiger partial charge in [0.05, 0.1) is 0 Å². The minimum atomic E-state index is -0.218. The first-order valence-electron chi connectivity index (χ1n) is 5.49. The predicted molar refractivity (Wildman–Crippen MR) is 71.9 cm³/mol. The zero-order valence-electron chi connectivity index (χ0n) is 9.78. The molecule has 2 aromatic rings. The van der Waals surface area contributed by atoms with Crippen LogP contribution < -0.4 is 10.6 Å². The second-order valence-corrected chi connectivity index (χ2v) is 3.96. The third-order valence-corrected chi connectivity index (χ3v) is 2.45. The summed E-state index contributed by atoms with van der Waals surface area (Å²) >= 11 is 4.88. The van der Waals surface area contributed by atoms with Crippen LogP contribution in [0.4, 0.5) is 10.5 Å². The number of aromatic nitrogens is 3. The van der Waals surface area contributed by atoms with Crippen LogP contribution in [0, 0.1) is 4.77 Å². The molecule has 2 amide bonds. The smallest absolute Gasteiger partial charge is 0.319 e. The second-order valence-electron chi connectivity index (χ2n) is 3.58. The van der Waals surface area contributed by atoms with Gasteiger partial charge in [0.2, 0.25) is 4.77 Å². The number of carbonyl (C=O) groups is 1. The first kappa shape index (κ1) is 12.3. The Morgan fingerprint density at radius 3 is 2.61 bits per heavy atom. The van der Waals surface area contributed by atoms with Gasteiger partial charge in [-0.1, -0.05) is 0 Å². The highest BCUT2D eigenvalue weighted by Gasteiger charge is 2.03. The highest BCUT2D eigenvalue weighted by molar-refractivity contribution is 7.71. The van der Waals surface area contributed by atoms with E-state index in [4.69, 9.17) is 12.2 Å². The van der Waals surface area contributed by atoms with Crippen LogP contribution in [0.2, 0.25) is 0 Å². The molecule has 94 valence electrons. The van der Waals surface area contributed by atoms with Gasteiger partial charge in [-0.05, 0) is 43.4 Å². The molecule has 0 atom stereocenters. The first-order valence-corrected chi connectivity index (χ1v) is 5.90. The predicted octanol–water partition coefficient (Wildman–Crippen LogP) is 2.28. The molecule has 0 saturated heterocycles. The number of amides is 2. The van der Waals surface area contributed by atoms with Crippen LogP contribution in [0.15, 0.2) is 24.3 Å². The van der Waals surface area contributed by atoms with Gasteiger partial charge in [-0.15, -0.1) is 0 Å². The Morgan fingerprint density at radius 1 is 1.33 bits per heavy atom. The standard InChI is InChI=1S/C11H13N5OS/c1-2-12-10(17)13-8-5-3-7(4-6-8)9-14-11(18)16-15-9/h3-6H,2H2,1H3,(H2,12,13,17)(H2,14,15,16,18). The van der Waals surface area contributed by atoms with Crippen molar-refractivity contribution >= 4 is 23.9 Å². The van der Waals surface area contributed by atoms with Gasteiger partial charge in [0, 0.05) is 17.8 Å². The number of nitrogens with one attached hydrogen (secondary N) is 4. The van der Waals surface area contributed by atoms with Gasteiger partial charge in [-0.2, -0.15) is 4.98 Å². The fourth-order valence-electron chi connectivity index (χ4n) is 1.45. The van der Waals surface area contributed by atoms with Crippen LogP contribution in [0.25, 0.3) is 11.4 Å². The van der Waals surface area contributed by atoms with Crippen LogP contribution in [-0.2, 0) is 0 Å². The Balaban J connectivity index is 2.10. The number of urea groups is 1. The van der Waals surface area contributed by atoms with Crippen molar-refractivity contribution in [2.24, 2.45) is 0 Å². The SMILES string of the molecule is CCNC(=O)Nc1ccc(-c2nc(=S)[nH][nH]2)cc1. The summed E-state index contributed by atoms with van der Waals surface area (Å²) < 4.78 is 0.412. The van der Waals surface area contributed by atoms with Crippen molar-refractivity contribution in [3.05, 3.63) is 29.0 Å². The monoisotopic (exact) mass is 263 g/mol. The summed E-state index contributed by atoms with van der Waals surface area (Å²) in [6.45, 7) is 2.45. The van der Waals surface area contributed by atoms with Crippen molar-refractivity contribution in [3.8, 4) is 11.4 Å². The van der Waals surface area contributed by atoms with Crippen LogP contribution in [0.3, 0.4) is 0 Å². The lowest BCUT2D eigenvalue weighted by molar-refractivity contribution is 0.252. The zero-order chi connectivity index (χ0) is 13.0. The minimum Gasteiger partial charge on any atom is -0.338 e. The van der Waals surface area contributed by atoms with Crippen molar-refractivity contribution in [3.63, 3.8) is 0 Å². The molecule has 0 aliphatic heterocycles. The molecule has 0 saturated carbocycles. The molecule has 0 bridgehead atoms. The Hall–Kier alpha value is -2.15. The summed E-state index contributed by atoms with van der Waals surface area (Å²) in [5.74, 6) is 0.671. The van der Waals surface area contributed by atoms with E-state index in [1.54, 1.807) is 12.1 Å². The van der Waals surface area contributed by atoms with E-state index >= 15 is 0 Å². The maximum atomic E-state index is 11.3. The number of hydrogen-bond acceptors (Lipinski definition) is 3. The summed E-state index contributed by atoms with van der Waals surface area (Å²) in [5, 5.41) is 11.0. The van der Waals surface area contributed by atoms with Gasteiger partial charge in [-0.25, -0.2) is 4.79 Å². The molecule has 1 heterocycles. The molecule has 0 aliphatic carbocycles. The molecule has 7 heteroatoms. The molecule has 0 aliphatic rings. The second kappa shape index (κ2) is 5.46. The third-order valence-electron chi connectivity index (χ3n) is 2.25. The van der Waals surface area contributed by atoms with E-state index < -0.39 is 0 Å². The zero-order valence-corrected chi connectivity index (χ0v) is 10.6.